The van der Waals surface area contributed by atoms with Crippen LogP contribution in [0.25, 0.3) is 0 Å². The van der Waals surface area contributed by atoms with Gasteiger partial charge in [-0.3, -0.25) is 0 Å². The number of amides is 1. The van der Waals surface area contributed by atoms with Crippen molar-refractivity contribution in [3.63, 3.8) is 0 Å². The highest BCUT2D eigenvalue weighted by Gasteiger charge is 2.17. The Labute approximate surface area is 133 Å². The summed E-state index contributed by atoms with van der Waals surface area (Å²) in [6, 6.07) is 12.8. The standard InChI is InChI=1S/C16H19NO4S/c18-15(19)10-13(9-14-7-4-8-22-14)17-16(20)21-11-12-5-2-1-3-6-12/h1-8,13,15,18-19H,9-11H2,(H,17,20). The van der Waals surface area contributed by atoms with Crippen LogP contribution in [0.5, 0.6) is 0 Å². The van der Waals surface area contributed by atoms with Crippen LogP contribution < -0.4 is 5.32 Å². The lowest BCUT2D eigenvalue weighted by Crippen LogP contribution is -2.39. The fraction of sp³-hybridized carbons (Fsp3) is 0.312. The predicted octanol–water partition coefficient (Wildman–Crippen LogP) is 2.29. The molecule has 5 nitrogen and oxygen atoms in total. The number of rotatable bonds is 7. The van der Waals surface area contributed by atoms with Gasteiger partial charge in [0.05, 0.1) is 0 Å². The Morgan fingerprint density at radius 1 is 1.18 bits per heavy atom. The number of nitrogens with one attached hydrogen (secondary N) is 1. The Hall–Kier alpha value is -1.89. The molecule has 0 bridgehead atoms. The second kappa shape index (κ2) is 8.53. The zero-order chi connectivity index (χ0) is 15.8. The van der Waals surface area contributed by atoms with Crippen molar-refractivity contribution in [3.8, 4) is 0 Å². The van der Waals surface area contributed by atoms with Gasteiger partial charge >= 0.3 is 6.09 Å². The van der Waals surface area contributed by atoms with Crippen molar-refractivity contribution in [2.75, 3.05) is 0 Å². The van der Waals surface area contributed by atoms with Crippen LogP contribution in [-0.4, -0.2) is 28.6 Å². The minimum Gasteiger partial charge on any atom is -0.445 e. The average molecular weight is 321 g/mol. The number of hydrogen-bond donors (Lipinski definition) is 3. The summed E-state index contributed by atoms with van der Waals surface area (Å²) < 4.78 is 5.15. The minimum absolute atomic E-state index is 0.0539. The molecule has 0 spiro atoms. The van der Waals surface area contributed by atoms with Crippen LogP contribution in [0.15, 0.2) is 47.8 Å². The van der Waals surface area contributed by atoms with E-state index < -0.39 is 12.4 Å². The van der Waals surface area contributed by atoms with Crippen LogP contribution in [-0.2, 0) is 17.8 Å². The third-order valence-corrected chi connectivity index (χ3v) is 3.96. The number of carbonyl (C=O) groups is 1. The van der Waals surface area contributed by atoms with E-state index in [0.717, 1.165) is 10.4 Å². The predicted molar refractivity (Wildman–Crippen MR) is 84.4 cm³/mol. The molecule has 2 aromatic rings. The van der Waals surface area contributed by atoms with E-state index >= 15 is 0 Å². The summed E-state index contributed by atoms with van der Waals surface area (Å²) in [6.45, 7) is 0.181. The normalized spacial score (nSPS) is 12.1. The number of thiophene rings is 1. The summed E-state index contributed by atoms with van der Waals surface area (Å²) in [5.41, 5.74) is 0.898. The van der Waals surface area contributed by atoms with Crippen LogP contribution in [0.4, 0.5) is 4.79 Å². The first kappa shape index (κ1) is 16.5. The van der Waals surface area contributed by atoms with Gasteiger partial charge in [0.15, 0.2) is 6.29 Å². The number of carbonyl (C=O) groups excluding carboxylic acids is 1. The van der Waals surface area contributed by atoms with Crippen LogP contribution >= 0.6 is 11.3 Å². The first-order valence-electron chi connectivity index (χ1n) is 6.99. The summed E-state index contributed by atoms with van der Waals surface area (Å²) in [7, 11) is 0. The molecular weight excluding hydrogens is 302 g/mol. The molecule has 1 aromatic heterocycles. The summed E-state index contributed by atoms with van der Waals surface area (Å²) >= 11 is 1.56. The highest BCUT2D eigenvalue weighted by molar-refractivity contribution is 7.09. The smallest absolute Gasteiger partial charge is 0.407 e. The van der Waals surface area contributed by atoms with E-state index in [0.29, 0.717) is 6.42 Å². The van der Waals surface area contributed by atoms with Gasteiger partial charge in [-0.1, -0.05) is 36.4 Å². The molecule has 0 saturated heterocycles. The molecule has 0 aliphatic rings. The van der Waals surface area contributed by atoms with E-state index in [-0.39, 0.29) is 19.1 Å². The molecule has 1 unspecified atom stereocenters. The number of aliphatic hydroxyl groups excluding tert-OH is 1. The van der Waals surface area contributed by atoms with E-state index in [4.69, 9.17) is 14.9 Å². The highest BCUT2D eigenvalue weighted by atomic mass is 32.1. The van der Waals surface area contributed by atoms with Crippen molar-refractivity contribution in [3.05, 3.63) is 58.3 Å². The Morgan fingerprint density at radius 2 is 1.95 bits per heavy atom. The van der Waals surface area contributed by atoms with Gasteiger partial charge in [0.25, 0.3) is 0 Å². The Morgan fingerprint density at radius 3 is 2.59 bits per heavy atom. The second-order valence-corrected chi connectivity index (χ2v) is 5.94. The summed E-state index contributed by atoms with van der Waals surface area (Å²) in [5.74, 6) is 0. The Balaban J connectivity index is 1.84. The molecule has 3 N–H and O–H groups in total. The summed E-state index contributed by atoms with van der Waals surface area (Å²) in [5, 5.41) is 22.9. The molecule has 1 atom stereocenters. The van der Waals surface area contributed by atoms with E-state index in [1.807, 2.05) is 47.8 Å². The van der Waals surface area contributed by atoms with Gasteiger partial charge in [-0.05, 0) is 17.0 Å². The van der Waals surface area contributed by atoms with Crippen LogP contribution in [0.1, 0.15) is 16.9 Å². The van der Waals surface area contributed by atoms with Crippen molar-refractivity contribution in [2.24, 2.45) is 0 Å². The zero-order valence-electron chi connectivity index (χ0n) is 12.0. The van der Waals surface area contributed by atoms with Crippen LogP contribution in [0, 0.1) is 0 Å². The van der Waals surface area contributed by atoms with Crippen molar-refractivity contribution in [2.45, 2.75) is 31.8 Å². The molecule has 118 valence electrons. The van der Waals surface area contributed by atoms with Crippen molar-refractivity contribution in [1.82, 2.24) is 5.32 Å². The molecule has 2 rings (SSSR count). The highest BCUT2D eigenvalue weighted by Crippen LogP contribution is 2.13. The molecule has 0 fully saturated rings. The number of hydrogen-bond acceptors (Lipinski definition) is 5. The van der Waals surface area contributed by atoms with Gasteiger partial charge < -0.3 is 20.3 Å². The van der Waals surface area contributed by atoms with Gasteiger partial charge in [0.1, 0.15) is 6.61 Å². The van der Waals surface area contributed by atoms with Gasteiger partial charge in [0, 0.05) is 23.8 Å². The lowest BCUT2D eigenvalue weighted by molar-refractivity contribution is -0.0511. The second-order valence-electron chi connectivity index (χ2n) is 4.90. The van der Waals surface area contributed by atoms with Gasteiger partial charge in [-0.25, -0.2) is 4.79 Å². The molecule has 6 heteroatoms. The van der Waals surface area contributed by atoms with E-state index in [9.17, 15) is 4.79 Å². The SMILES string of the molecule is O=C(NC(Cc1cccs1)CC(O)O)OCc1ccccc1. The molecule has 1 aromatic carbocycles. The molecule has 0 aliphatic carbocycles. The van der Waals surface area contributed by atoms with Gasteiger partial charge in [-0.15, -0.1) is 11.3 Å². The zero-order valence-corrected chi connectivity index (χ0v) is 12.8. The summed E-state index contributed by atoms with van der Waals surface area (Å²) in [6.07, 6.45) is -1.45. The average Bonchev–Trinajstić information content (AvgIpc) is 2.98. The van der Waals surface area contributed by atoms with Crippen molar-refractivity contribution in [1.29, 1.82) is 0 Å². The van der Waals surface area contributed by atoms with Crippen molar-refractivity contribution >= 4 is 17.4 Å². The lowest BCUT2D eigenvalue weighted by Gasteiger charge is -2.19. The maximum absolute atomic E-state index is 11.8. The molecular formula is C16H19NO4S. The van der Waals surface area contributed by atoms with Crippen LogP contribution in [0.3, 0.4) is 0 Å². The number of benzene rings is 1. The first-order valence-corrected chi connectivity index (χ1v) is 7.87. The largest absolute Gasteiger partial charge is 0.445 e. The lowest BCUT2D eigenvalue weighted by atomic mass is 10.1. The maximum atomic E-state index is 11.8. The molecule has 1 heterocycles. The maximum Gasteiger partial charge on any atom is 0.407 e. The molecule has 0 aliphatic heterocycles. The number of aliphatic hydroxyl groups is 2. The fourth-order valence-corrected chi connectivity index (χ4v) is 2.84. The third-order valence-electron chi connectivity index (χ3n) is 3.06. The fourth-order valence-electron chi connectivity index (χ4n) is 2.05. The number of ether oxygens (including phenoxy) is 1. The third kappa shape index (κ3) is 5.85. The van der Waals surface area contributed by atoms with Crippen LogP contribution in [0.2, 0.25) is 0 Å². The topological polar surface area (TPSA) is 78.8 Å². The molecule has 0 radical (unpaired) electrons. The Bertz CT molecular complexity index is 557. The Kier molecular flexibility index (Phi) is 6.39. The van der Waals surface area contributed by atoms with Gasteiger partial charge in [0.2, 0.25) is 0 Å². The van der Waals surface area contributed by atoms with E-state index in [2.05, 4.69) is 5.32 Å². The van der Waals surface area contributed by atoms with E-state index in [1.165, 1.54) is 0 Å². The van der Waals surface area contributed by atoms with E-state index in [1.54, 1.807) is 11.3 Å². The quantitative estimate of drug-likeness (QED) is 0.684. The minimum atomic E-state index is -1.47. The molecule has 22 heavy (non-hydrogen) atoms. The molecule has 0 saturated carbocycles. The van der Waals surface area contributed by atoms with Gasteiger partial charge in [-0.2, -0.15) is 0 Å². The molecule has 1 amide bonds. The number of alkyl carbamates (subject to hydrolysis) is 1. The summed E-state index contributed by atoms with van der Waals surface area (Å²) in [4.78, 5) is 12.9. The first-order chi connectivity index (χ1) is 10.6. The van der Waals surface area contributed by atoms with Crippen molar-refractivity contribution < 1.29 is 19.7 Å². The monoisotopic (exact) mass is 321 g/mol.